The fourth-order valence-corrected chi connectivity index (χ4v) is 6.20. The number of rotatable bonds is 4. The van der Waals surface area contributed by atoms with Crippen molar-refractivity contribution in [1.29, 1.82) is 0 Å². The summed E-state index contributed by atoms with van der Waals surface area (Å²) in [6.45, 7) is 3.98. The monoisotopic (exact) mass is 658 g/mol. The molecule has 8 rings (SSSR count). The quantitative estimate of drug-likeness (QED) is 0.139. The van der Waals surface area contributed by atoms with E-state index in [1.54, 1.807) is 60.7 Å². The Hall–Kier alpha value is -6.80. The van der Waals surface area contributed by atoms with Gasteiger partial charge < -0.3 is 20.8 Å². The highest BCUT2D eigenvalue weighted by Crippen LogP contribution is 2.39. The summed E-state index contributed by atoms with van der Waals surface area (Å²) in [7, 11) is 0. The highest BCUT2D eigenvalue weighted by molar-refractivity contribution is 6.32. The Balaban J connectivity index is 0.000000157. The number of hydrogen-bond donors (Lipinski definition) is 4. The van der Waals surface area contributed by atoms with Gasteiger partial charge in [0.15, 0.2) is 23.1 Å². The molecule has 0 fully saturated rings. The van der Waals surface area contributed by atoms with Crippen LogP contribution in [0.4, 0.5) is 22.7 Å². The number of nitrogens with one attached hydrogen (secondary N) is 2. The van der Waals surface area contributed by atoms with Crippen LogP contribution in [0.15, 0.2) is 121 Å². The Morgan fingerprint density at radius 3 is 1.00 bits per heavy atom. The lowest BCUT2D eigenvalue weighted by Gasteiger charge is -2.21. The Morgan fingerprint density at radius 1 is 0.380 bits per heavy atom. The van der Waals surface area contributed by atoms with Crippen LogP contribution in [-0.2, 0) is 0 Å². The Kier molecular flexibility index (Phi) is 8.05. The number of benzene rings is 6. The second kappa shape index (κ2) is 12.7. The summed E-state index contributed by atoms with van der Waals surface area (Å²) in [4.78, 5) is 51.5. The average molecular weight is 659 g/mol. The van der Waals surface area contributed by atoms with Gasteiger partial charge in [-0.1, -0.05) is 83.9 Å². The SMILES string of the molecule is Cc1ccc(Nc2ccc(O)c3c2C(=O)c2ccccc2C3=O)cc1.Cc1ccc(Nc2ccc(O)c3c2C(=O)c2ccccc2C3=O)cc1. The van der Waals surface area contributed by atoms with Crippen molar-refractivity contribution in [2.24, 2.45) is 0 Å². The molecule has 0 saturated heterocycles. The molecule has 0 atom stereocenters. The zero-order valence-corrected chi connectivity index (χ0v) is 27.1. The summed E-state index contributed by atoms with van der Waals surface area (Å²) in [5.74, 6) is -1.58. The predicted molar refractivity (Wildman–Crippen MR) is 192 cm³/mol. The van der Waals surface area contributed by atoms with E-state index in [9.17, 15) is 29.4 Å². The van der Waals surface area contributed by atoms with Crippen molar-refractivity contribution < 1.29 is 29.4 Å². The predicted octanol–water partition coefficient (Wildman–Crippen LogP) is 8.44. The summed E-state index contributed by atoms with van der Waals surface area (Å²) in [5, 5.41) is 26.8. The van der Waals surface area contributed by atoms with Crippen LogP contribution < -0.4 is 10.6 Å². The van der Waals surface area contributed by atoms with Crippen LogP contribution in [0, 0.1) is 13.8 Å². The molecule has 0 radical (unpaired) electrons. The van der Waals surface area contributed by atoms with E-state index in [4.69, 9.17) is 0 Å². The van der Waals surface area contributed by atoms with Crippen LogP contribution in [0.1, 0.15) is 74.8 Å². The van der Waals surface area contributed by atoms with E-state index in [0.29, 0.717) is 33.6 Å². The van der Waals surface area contributed by atoms with Crippen molar-refractivity contribution in [3.05, 3.63) is 177 Å². The van der Waals surface area contributed by atoms with E-state index in [1.165, 1.54) is 12.1 Å². The van der Waals surface area contributed by atoms with Crippen LogP contribution in [0.5, 0.6) is 11.5 Å². The number of carbonyl (C=O) groups excluding carboxylic acids is 4. The van der Waals surface area contributed by atoms with Gasteiger partial charge in [0.05, 0.1) is 33.6 Å². The summed E-state index contributed by atoms with van der Waals surface area (Å²) in [5.41, 5.74) is 6.76. The summed E-state index contributed by atoms with van der Waals surface area (Å²) in [6.07, 6.45) is 0. The van der Waals surface area contributed by atoms with Gasteiger partial charge in [0.25, 0.3) is 0 Å². The first-order chi connectivity index (χ1) is 24.1. The lowest BCUT2D eigenvalue weighted by atomic mass is 9.82. The third-order valence-corrected chi connectivity index (χ3v) is 8.77. The number of aromatic hydroxyl groups is 2. The smallest absolute Gasteiger partial charge is 0.198 e. The molecule has 0 amide bonds. The minimum absolute atomic E-state index is 0.0563. The van der Waals surface area contributed by atoms with Crippen molar-refractivity contribution in [3.63, 3.8) is 0 Å². The highest BCUT2D eigenvalue weighted by Gasteiger charge is 2.35. The maximum absolute atomic E-state index is 13.0. The fraction of sp³-hybridized carbons (Fsp3) is 0.0476. The molecular formula is C42H30N2O6. The van der Waals surface area contributed by atoms with Crippen molar-refractivity contribution in [2.75, 3.05) is 10.6 Å². The number of anilines is 4. The van der Waals surface area contributed by atoms with E-state index in [2.05, 4.69) is 10.6 Å². The number of hydrogen-bond acceptors (Lipinski definition) is 8. The van der Waals surface area contributed by atoms with Gasteiger partial charge in [0.1, 0.15) is 11.5 Å². The molecule has 0 heterocycles. The number of phenolic OH excluding ortho intramolecular Hbond substituents is 2. The van der Waals surface area contributed by atoms with Gasteiger partial charge in [-0.3, -0.25) is 19.2 Å². The molecule has 0 unspecified atom stereocenters. The van der Waals surface area contributed by atoms with Crippen LogP contribution in [0.25, 0.3) is 0 Å². The van der Waals surface area contributed by atoms with Gasteiger partial charge in [-0.2, -0.15) is 0 Å². The largest absolute Gasteiger partial charge is 0.507 e. The molecule has 0 aliphatic heterocycles. The first kappa shape index (κ1) is 31.8. The molecule has 2 aliphatic rings. The van der Waals surface area contributed by atoms with Gasteiger partial charge in [-0.25, -0.2) is 0 Å². The molecular weight excluding hydrogens is 628 g/mol. The van der Waals surface area contributed by atoms with Crippen molar-refractivity contribution >= 4 is 45.9 Å². The third kappa shape index (κ3) is 5.58. The number of ketones is 4. The van der Waals surface area contributed by atoms with Crippen molar-refractivity contribution in [3.8, 4) is 11.5 Å². The van der Waals surface area contributed by atoms with E-state index >= 15 is 0 Å². The zero-order chi connectivity index (χ0) is 35.1. The molecule has 0 bridgehead atoms. The number of carbonyl (C=O) groups is 4. The first-order valence-electron chi connectivity index (χ1n) is 15.9. The summed E-state index contributed by atoms with van der Waals surface area (Å²) < 4.78 is 0. The molecule has 4 N–H and O–H groups in total. The van der Waals surface area contributed by atoms with Crippen molar-refractivity contribution in [2.45, 2.75) is 13.8 Å². The molecule has 8 heteroatoms. The minimum Gasteiger partial charge on any atom is -0.507 e. The average Bonchev–Trinajstić information content (AvgIpc) is 3.13. The van der Waals surface area contributed by atoms with Gasteiger partial charge >= 0.3 is 0 Å². The number of fused-ring (bicyclic) bond motifs is 4. The van der Waals surface area contributed by atoms with Crippen molar-refractivity contribution in [1.82, 2.24) is 0 Å². The van der Waals surface area contributed by atoms with Crippen LogP contribution >= 0.6 is 0 Å². The normalized spacial score (nSPS) is 12.5. The third-order valence-electron chi connectivity index (χ3n) is 8.77. The molecule has 0 saturated carbocycles. The second-order valence-corrected chi connectivity index (χ2v) is 12.2. The number of aryl methyl sites for hydroxylation is 2. The highest BCUT2D eigenvalue weighted by atomic mass is 16.3. The van der Waals surface area contributed by atoms with E-state index in [-0.39, 0.29) is 56.9 Å². The van der Waals surface area contributed by atoms with Crippen LogP contribution in [-0.4, -0.2) is 33.3 Å². The van der Waals surface area contributed by atoms with Crippen LogP contribution in [0.3, 0.4) is 0 Å². The zero-order valence-electron chi connectivity index (χ0n) is 27.1. The maximum atomic E-state index is 13.0. The fourth-order valence-electron chi connectivity index (χ4n) is 6.20. The molecule has 50 heavy (non-hydrogen) atoms. The molecule has 6 aromatic carbocycles. The minimum atomic E-state index is -0.338. The molecule has 0 spiro atoms. The first-order valence-corrected chi connectivity index (χ1v) is 15.9. The maximum Gasteiger partial charge on any atom is 0.198 e. The molecule has 244 valence electrons. The van der Waals surface area contributed by atoms with E-state index in [0.717, 1.165) is 22.5 Å². The Bertz CT molecular complexity index is 2210. The number of phenols is 2. The Labute approximate surface area is 287 Å². The molecule has 6 aromatic rings. The van der Waals surface area contributed by atoms with Gasteiger partial charge in [-0.05, 0) is 62.4 Å². The van der Waals surface area contributed by atoms with Gasteiger partial charge in [0.2, 0.25) is 0 Å². The molecule has 0 aromatic heterocycles. The van der Waals surface area contributed by atoms with Crippen LogP contribution in [0.2, 0.25) is 0 Å². The molecule has 8 nitrogen and oxygen atoms in total. The topological polar surface area (TPSA) is 133 Å². The molecule has 2 aliphatic carbocycles. The summed E-state index contributed by atoms with van der Waals surface area (Å²) >= 11 is 0. The van der Waals surface area contributed by atoms with E-state index < -0.39 is 0 Å². The van der Waals surface area contributed by atoms with Gasteiger partial charge in [-0.15, -0.1) is 0 Å². The standard InChI is InChI=1S/2C21H15NO3/c2*1-12-6-8-13(9-7-12)22-16-10-11-17(23)19-18(16)20(24)14-4-2-3-5-15(14)21(19)25/h2*2-11,22-23H,1H3. The summed E-state index contributed by atoms with van der Waals surface area (Å²) in [6, 6.07) is 34.9. The second-order valence-electron chi connectivity index (χ2n) is 12.2. The lowest BCUT2D eigenvalue weighted by Crippen LogP contribution is -2.22. The van der Waals surface area contributed by atoms with Gasteiger partial charge in [0, 0.05) is 33.6 Å². The van der Waals surface area contributed by atoms with E-state index in [1.807, 2.05) is 62.4 Å². The Morgan fingerprint density at radius 2 is 0.680 bits per heavy atom. The lowest BCUT2D eigenvalue weighted by molar-refractivity contribution is 0.0977.